The Hall–Kier alpha value is -4.19. The van der Waals surface area contributed by atoms with E-state index >= 15 is 0 Å². The number of hydrogen-bond donors (Lipinski definition) is 1. The summed E-state index contributed by atoms with van der Waals surface area (Å²) in [6.07, 6.45) is 0.717. The van der Waals surface area contributed by atoms with Crippen LogP contribution in [0, 0.1) is 0 Å². The van der Waals surface area contributed by atoms with Gasteiger partial charge < -0.3 is 23.6 Å². The van der Waals surface area contributed by atoms with Gasteiger partial charge in [0.05, 0.1) is 23.2 Å². The second-order valence-corrected chi connectivity index (χ2v) is 11.4. The zero-order valence-electron chi connectivity index (χ0n) is 22.3. The first-order chi connectivity index (χ1) is 20.1. The summed E-state index contributed by atoms with van der Waals surface area (Å²) < 4.78 is 61.7. The Morgan fingerprint density at radius 2 is 1.81 bits per heavy atom. The van der Waals surface area contributed by atoms with Crippen LogP contribution < -0.4 is 4.74 Å². The molecule has 218 valence electrons. The molecule has 42 heavy (non-hydrogen) atoms. The van der Waals surface area contributed by atoms with Crippen LogP contribution in [0.25, 0.3) is 22.6 Å². The average molecular weight is 582 g/mol. The van der Waals surface area contributed by atoms with Crippen LogP contribution in [0.3, 0.4) is 0 Å². The molecule has 0 atom stereocenters. The van der Waals surface area contributed by atoms with E-state index in [1.807, 2.05) is 0 Å². The van der Waals surface area contributed by atoms with Crippen molar-refractivity contribution < 1.29 is 41.6 Å². The zero-order valence-corrected chi connectivity index (χ0v) is 22.3. The maximum Gasteiger partial charge on any atom is 0.573 e. The summed E-state index contributed by atoms with van der Waals surface area (Å²) in [7, 11) is 0. The molecule has 0 aliphatic heterocycles. The molecule has 1 N–H and O–H groups in total. The number of hydrogen-bond acceptors (Lipinski definition) is 8. The van der Waals surface area contributed by atoms with E-state index in [-0.39, 0.29) is 34.8 Å². The number of rotatable bonds is 9. The number of carboxylic acids is 1. The summed E-state index contributed by atoms with van der Waals surface area (Å²) in [5, 5.41) is 17.6. The molecule has 3 aliphatic carbocycles. The van der Waals surface area contributed by atoms with E-state index in [4.69, 9.17) is 13.8 Å². The van der Waals surface area contributed by atoms with Crippen molar-refractivity contribution in [3.8, 4) is 28.4 Å². The van der Waals surface area contributed by atoms with Gasteiger partial charge in [-0.1, -0.05) is 34.6 Å². The first kappa shape index (κ1) is 26.7. The van der Waals surface area contributed by atoms with Crippen LogP contribution in [0.2, 0.25) is 0 Å². The van der Waals surface area contributed by atoms with Crippen molar-refractivity contribution in [3.05, 3.63) is 71.3 Å². The molecule has 2 aromatic carbocycles. The molecule has 3 fully saturated rings. The Bertz CT molecular complexity index is 1650. The molecule has 3 saturated carbocycles. The van der Waals surface area contributed by atoms with Gasteiger partial charge in [0, 0.05) is 22.6 Å². The molecule has 7 rings (SSSR count). The number of aromatic nitrogens is 3. The van der Waals surface area contributed by atoms with Gasteiger partial charge in [0.25, 0.3) is 0 Å². The van der Waals surface area contributed by atoms with Crippen LogP contribution in [0.1, 0.15) is 78.4 Å². The lowest BCUT2D eigenvalue weighted by Gasteiger charge is -2.27. The van der Waals surface area contributed by atoms with Crippen molar-refractivity contribution in [1.82, 2.24) is 15.3 Å². The van der Waals surface area contributed by atoms with Crippen molar-refractivity contribution in [2.75, 3.05) is 0 Å². The van der Waals surface area contributed by atoms with E-state index in [9.17, 15) is 23.1 Å². The van der Waals surface area contributed by atoms with Crippen molar-refractivity contribution in [2.24, 2.45) is 0 Å². The molecule has 0 radical (unpaired) electrons. The van der Waals surface area contributed by atoms with Crippen LogP contribution in [0.15, 0.2) is 57.6 Å². The van der Waals surface area contributed by atoms with Gasteiger partial charge in [-0.2, -0.15) is 4.98 Å². The van der Waals surface area contributed by atoms with Crippen molar-refractivity contribution in [3.63, 3.8) is 0 Å². The van der Waals surface area contributed by atoms with Gasteiger partial charge in [-0.15, -0.1) is 13.2 Å². The van der Waals surface area contributed by atoms with Crippen LogP contribution in [0.5, 0.6) is 5.75 Å². The van der Waals surface area contributed by atoms with E-state index in [1.54, 1.807) is 18.2 Å². The molecular weight excluding hydrogens is 555 g/mol. The molecular formula is C30H26F3N3O6. The second kappa shape index (κ2) is 9.69. The van der Waals surface area contributed by atoms with Crippen LogP contribution >= 0.6 is 0 Å². The summed E-state index contributed by atoms with van der Waals surface area (Å²) in [6, 6.07) is 12.3. The van der Waals surface area contributed by atoms with E-state index in [2.05, 4.69) is 20.0 Å². The number of carbonyl (C=O) groups is 1. The number of alkyl halides is 3. The van der Waals surface area contributed by atoms with Crippen LogP contribution in [-0.4, -0.2) is 38.3 Å². The highest BCUT2D eigenvalue weighted by atomic mass is 19.4. The number of halogens is 3. The fourth-order valence-electron chi connectivity index (χ4n) is 6.43. The minimum atomic E-state index is -4.85. The largest absolute Gasteiger partial charge is 0.573 e. The monoisotopic (exact) mass is 581 g/mol. The number of nitrogens with zero attached hydrogens (tertiary/aromatic N) is 3. The van der Waals surface area contributed by atoms with Crippen LogP contribution in [0.4, 0.5) is 13.2 Å². The third kappa shape index (κ3) is 4.83. The van der Waals surface area contributed by atoms with E-state index in [0.29, 0.717) is 40.7 Å². The number of ether oxygens (including phenoxy) is 2. The number of para-hydroxylation sites is 1. The molecule has 0 unspecified atom stereocenters. The summed E-state index contributed by atoms with van der Waals surface area (Å²) >= 11 is 0. The van der Waals surface area contributed by atoms with Crippen molar-refractivity contribution in [2.45, 2.75) is 74.8 Å². The minimum Gasteiger partial charge on any atom is -0.478 e. The predicted octanol–water partition coefficient (Wildman–Crippen LogP) is 7.04. The lowest BCUT2D eigenvalue weighted by molar-refractivity contribution is -0.274. The second-order valence-electron chi connectivity index (χ2n) is 11.4. The average Bonchev–Trinajstić information content (AvgIpc) is 3.32. The maximum absolute atomic E-state index is 13.1. The molecule has 12 heteroatoms. The number of benzene rings is 2. The van der Waals surface area contributed by atoms with E-state index < -0.39 is 17.9 Å². The highest BCUT2D eigenvalue weighted by Gasteiger charge is 2.58. The Labute approximate surface area is 237 Å². The number of carboxylic acid groups (broad SMARTS) is 1. The number of fused-ring (bicyclic) bond motifs is 2. The molecule has 0 saturated heterocycles. The number of aromatic carboxylic acids is 1. The fraction of sp³-hybridized carbons (Fsp3) is 0.400. The van der Waals surface area contributed by atoms with E-state index in [1.165, 1.54) is 30.3 Å². The van der Waals surface area contributed by atoms with Gasteiger partial charge in [0.2, 0.25) is 11.7 Å². The Balaban J connectivity index is 1.12. The summed E-state index contributed by atoms with van der Waals surface area (Å²) in [5.41, 5.74) is 1.00. The first-order valence-corrected chi connectivity index (χ1v) is 13.8. The summed E-state index contributed by atoms with van der Waals surface area (Å²) in [5.74, 6) is 0.266. The van der Waals surface area contributed by atoms with Crippen molar-refractivity contribution >= 4 is 5.97 Å². The molecule has 3 aliphatic rings. The Morgan fingerprint density at radius 3 is 2.55 bits per heavy atom. The van der Waals surface area contributed by atoms with Gasteiger partial charge in [0.1, 0.15) is 17.2 Å². The molecule has 2 heterocycles. The smallest absolute Gasteiger partial charge is 0.478 e. The topological polar surface area (TPSA) is 121 Å². The normalized spacial score (nSPS) is 23.4. The molecule has 0 amide bonds. The Morgan fingerprint density at radius 1 is 1.02 bits per heavy atom. The predicted molar refractivity (Wildman–Crippen MR) is 140 cm³/mol. The molecule has 4 aromatic rings. The van der Waals surface area contributed by atoms with Gasteiger partial charge in [-0.25, -0.2) is 4.79 Å². The summed E-state index contributed by atoms with van der Waals surface area (Å²) in [4.78, 5) is 16.0. The molecule has 9 nitrogen and oxygen atoms in total. The molecule has 0 spiro atoms. The third-order valence-corrected chi connectivity index (χ3v) is 8.68. The Kier molecular flexibility index (Phi) is 6.16. The quantitative estimate of drug-likeness (QED) is 0.222. The minimum absolute atomic E-state index is 0.137. The fourth-order valence-corrected chi connectivity index (χ4v) is 6.43. The highest BCUT2D eigenvalue weighted by molar-refractivity contribution is 5.89. The zero-order chi connectivity index (χ0) is 29.1. The standard InChI is InChI=1S/C30H26F3N3O6/c31-30(32,33)40-22-7-2-1-6-20(22)23-21(24(41-35-23)17-8-9-17)15-39-29-12-10-28(16-29,11-13-29)27-34-25(36-42-27)18-4-3-5-19(14-18)26(37)38/h1-7,14,17H,8-13,15-16H2,(H,37,38). The molecule has 2 aromatic heterocycles. The first-order valence-electron chi connectivity index (χ1n) is 13.8. The maximum atomic E-state index is 13.1. The van der Waals surface area contributed by atoms with Gasteiger partial charge in [0.15, 0.2) is 0 Å². The van der Waals surface area contributed by atoms with Crippen molar-refractivity contribution in [1.29, 1.82) is 0 Å². The lowest BCUT2D eigenvalue weighted by Crippen LogP contribution is -2.26. The lowest BCUT2D eigenvalue weighted by atomic mass is 9.84. The molecule has 2 bridgehead atoms. The van der Waals surface area contributed by atoms with Gasteiger partial charge in [-0.05, 0) is 69.2 Å². The van der Waals surface area contributed by atoms with Gasteiger partial charge >= 0.3 is 12.3 Å². The summed E-state index contributed by atoms with van der Waals surface area (Å²) in [6.45, 7) is 0.137. The highest BCUT2D eigenvalue weighted by Crippen LogP contribution is 2.59. The SMILES string of the molecule is O=C(O)c1cccc(-c2noc(C34CCC(OCc5c(-c6ccccc6OC(F)(F)F)noc5C5CC5)(CC3)C4)n2)c1. The third-order valence-electron chi connectivity index (χ3n) is 8.68. The van der Waals surface area contributed by atoms with Crippen LogP contribution in [-0.2, 0) is 16.8 Å². The van der Waals surface area contributed by atoms with E-state index in [0.717, 1.165) is 38.5 Å². The van der Waals surface area contributed by atoms with Gasteiger partial charge in [-0.3, -0.25) is 0 Å².